The van der Waals surface area contributed by atoms with Gasteiger partial charge in [0.1, 0.15) is 5.82 Å². The van der Waals surface area contributed by atoms with Crippen LogP contribution in [0.2, 0.25) is 0 Å². The standard InChI is InChI=1S/C10H9BrFNO4S/c11-8-3-7(12)1-2-9(8)18(16,17)13-4-6(5-13)10(14)15/h1-3,6H,4-5H2,(H,14,15). The topological polar surface area (TPSA) is 74.7 Å². The van der Waals surface area contributed by atoms with E-state index in [1.807, 2.05) is 0 Å². The predicted octanol–water partition coefficient (Wildman–Crippen LogP) is 1.29. The maximum absolute atomic E-state index is 12.9. The summed E-state index contributed by atoms with van der Waals surface area (Å²) in [5.41, 5.74) is 0. The highest BCUT2D eigenvalue weighted by Crippen LogP contribution is 2.30. The lowest BCUT2D eigenvalue weighted by Gasteiger charge is -2.35. The van der Waals surface area contributed by atoms with Crippen molar-refractivity contribution in [3.05, 3.63) is 28.5 Å². The lowest BCUT2D eigenvalue weighted by atomic mass is 10.0. The first-order valence-electron chi connectivity index (χ1n) is 5.00. The van der Waals surface area contributed by atoms with E-state index in [1.165, 1.54) is 0 Å². The van der Waals surface area contributed by atoms with E-state index in [9.17, 15) is 17.6 Å². The van der Waals surface area contributed by atoms with E-state index < -0.39 is 27.7 Å². The Morgan fingerprint density at radius 1 is 1.44 bits per heavy atom. The highest BCUT2D eigenvalue weighted by atomic mass is 79.9. The number of hydrogen-bond donors (Lipinski definition) is 1. The molecule has 0 unspecified atom stereocenters. The van der Waals surface area contributed by atoms with Crippen LogP contribution in [0.3, 0.4) is 0 Å². The summed E-state index contributed by atoms with van der Waals surface area (Å²) in [4.78, 5) is 10.6. The second-order valence-electron chi connectivity index (χ2n) is 3.93. The van der Waals surface area contributed by atoms with Gasteiger partial charge in [0.25, 0.3) is 0 Å². The van der Waals surface area contributed by atoms with Gasteiger partial charge in [-0.15, -0.1) is 0 Å². The van der Waals surface area contributed by atoms with Crippen LogP contribution in [0.1, 0.15) is 0 Å². The number of carboxylic acids is 1. The zero-order chi connectivity index (χ0) is 13.5. The van der Waals surface area contributed by atoms with Crippen LogP contribution < -0.4 is 0 Å². The Bertz CT molecular complexity index is 598. The first-order chi connectivity index (χ1) is 8.32. The van der Waals surface area contributed by atoms with Crippen LogP contribution in [0.25, 0.3) is 0 Å². The number of benzene rings is 1. The fourth-order valence-corrected chi connectivity index (χ4v) is 4.15. The molecule has 0 amide bonds. The molecule has 18 heavy (non-hydrogen) atoms. The molecule has 1 aromatic rings. The molecule has 1 fully saturated rings. The molecule has 1 heterocycles. The average molecular weight is 338 g/mol. The van der Waals surface area contributed by atoms with Crippen LogP contribution in [0.15, 0.2) is 27.6 Å². The molecule has 0 aliphatic carbocycles. The van der Waals surface area contributed by atoms with Gasteiger partial charge >= 0.3 is 5.97 Å². The van der Waals surface area contributed by atoms with E-state index in [0.717, 1.165) is 22.5 Å². The molecule has 0 bridgehead atoms. The third-order valence-electron chi connectivity index (χ3n) is 2.71. The molecule has 1 saturated heterocycles. The van der Waals surface area contributed by atoms with Crippen LogP contribution >= 0.6 is 15.9 Å². The second-order valence-corrected chi connectivity index (χ2v) is 6.69. The van der Waals surface area contributed by atoms with Crippen LogP contribution in [0.5, 0.6) is 0 Å². The Morgan fingerprint density at radius 2 is 2.06 bits per heavy atom. The summed E-state index contributed by atoms with van der Waals surface area (Å²) in [6.07, 6.45) is 0. The molecule has 1 aromatic carbocycles. The Morgan fingerprint density at radius 3 is 2.56 bits per heavy atom. The van der Waals surface area contributed by atoms with Gasteiger partial charge in [-0.2, -0.15) is 4.31 Å². The fraction of sp³-hybridized carbons (Fsp3) is 0.300. The molecule has 1 N–H and O–H groups in total. The molecule has 0 radical (unpaired) electrons. The number of rotatable bonds is 3. The number of hydrogen-bond acceptors (Lipinski definition) is 3. The predicted molar refractivity (Wildman–Crippen MR) is 64.0 cm³/mol. The molecular formula is C10H9BrFNO4S. The number of carbonyl (C=O) groups is 1. The van der Waals surface area contributed by atoms with Gasteiger partial charge in [0.15, 0.2) is 0 Å². The third-order valence-corrected chi connectivity index (χ3v) is 5.52. The summed E-state index contributed by atoms with van der Waals surface area (Å²) in [5, 5.41) is 8.70. The molecule has 0 atom stereocenters. The smallest absolute Gasteiger partial charge is 0.309 e. The Balaban J connectivity index is 2.25. The van der Waals surface area contributed by atoms with Crippen LogP contribution in [-0.4, -0.2) is 36.9 Å². The maximum Gasteiger partial charge on any atom is 0.309 e. The van der Waals surface area contributed by atoms with Crippen LogP contribution in [-0.2, 0) is 14.8 Å². The van der Waals surface area contributed by atoms with Gasteiger partial charge in [0, 0.05) is 17.6 Å². The van der Waals surface area contributed by atoms with Crippen molar-refractivity contribution in [3.8, 4) is 0 Å². The SMILES string of the molecule is O=C(O)C1CN(S(=O)(=O)c2ccc(F)cc2Br)C1. The normalized spacial score (nSPS) is 17.4. The van der Waals surface area contributed by atoms with E-state index >= 15 is 0 Å². The molecule has 0 aromatic heterocycles. The fourth-order valence-electron chi connectivity index (χ4n) is 1.61. The van der Waals surface area contributed by atoms with Crippen molar-refractivity contribution >= 4 is 31.9 Å². The van der Waals surface area contributed by atoms with E-state index in [4.69, 9.17) is 5.11 Å². The Hall–Kier alpha value is -0.990. The summed E-state index contributed by atoms with van der Waals surface area (Å²) >= 11 is 2.99. The number of nitrogens with zero attached hydrogens (tertiary/aromatic N) is 1. The van der Waals surface area contributed by atoms with E-state index in [-0.39, 0.29) is 22.5 Å². The van der Waals surface area contributed by atoms with Crippen molar-refractivity contribution in [1.82, 2.24) is 4.31 Å². The van der Waals surface area contributed by atoms with E-state index in [0.29, 0.717) is 0 Å². The van der Waals surface area contributed by atoms with Gasteiger partial charge in [-0.05, 0) is 34.1 Å². The first-order valence-corrected chi connectivity index (χ1v) is 7.23. The van der Waals surface area contributed by atoms with Crippen molar-refractivity contribution in [1.29, 1.82) is 0 Å². The van der Waals surface area contributed by atoms with Gasteiger partial charge in [-0.1, -0.05) is 0 Å². The van der Waals surface area contributed by atoms with Gasteiger partial charge < -0.3 is 5.11 Å². The van der Waals surface area contributed by atoms with Crippen LogP contribution in [0.4, 0.5) is 4.39 Å². The summed E-state index contributed by atoms with van der Waals surface area (Å²) in [6.45, 7) is -0.108. The van der Waals surface area contributed by atoms with E-state index in [2.05, 4.69) is 15.9 Å². The third kappa shape index (κ3) is 2.27. The molecule has 1 aliphatic rings. The van der Waals surface area contributed by atoms with Crippen molar-refractivity contribution in [3.63, 3.8) is 0 Å². The van der Waals surface area contributed by atoms with Crippen molar-refractivity contribution in [2.24, 2.45) is 5.92 Å². The molecule has 0 saturated carbocycles. The molecule has 1 aliphatic heterocycles. The molecule has 98 valence electrons. The van der Waals surface area contributed by atoms with Crippen LogP contribution in [0, 0.1) is 11.7 Å². The summed E-state index contributed by atoms with van der Waals surface area (Å²) in [6, 6.07) is 3.26. The average Bonchev–Trinajstić information content (AvgIpc) is 2.12. The minimum absolute atomic E-state index is 0.0541. The first kappa shape index (κ1) is 13.4. The van der Waals surface area contributed by atoms with Gasteiger partial charge in [0.2, 0.25) is 10.0 Å². The van der Waals surface area contributed by atoms with Gasteiger partial charge in [-0.3, -0.25) is 4.79 Å². The number of aliphatic carboxylic acids is 1. The minimum atomic E-state index is -3.76. The summed E-state index contributed by atoms with van der Waals surface area (Å²) in [5.74, 6) is -2.23. The van der Waals surface area contributed by atoms with Crippen molar-refractivity contribution in [2.45, 2.75) is 4.90 Å². The quantitative estimate of drug-likeness (QED) is 0.901. The monoisotopic (exact) mass is 337 g/mol. The van der Waals surface area contributed by atoms with Crippen molar-refractivity contribution < 1.29 is 22.7 Å². The lowest BCUT2D eigenvalue weighted by Crippen LogP contribution is -2.52. The molecule has 8 heteroatoms. The summed E-state index contributed by atoms with van der Waals surface area (Å²) < 4.78 is 38.3. The molecule has 2 rings (SSSR count). The second kappa shape index (κ2) is 4.60. The summed E-state index contributed by atoms with van der Waals surface area (Å²) in [7, 11) is -3.76. The highest BCUT2D eigenvalue weighted by molar-refractivity contribution is 9.10. The molecule has 5 nitrogen and oxygen atoms in total. The lowest BCUT2D eigenvalue weighted by molar-refractivity contribution is -0.145. The Labute approximate surface area is 111 Å². The van der Waals surface area contributed by atoms with Crippen molar-refractivity contribution in [2.75, 3.05) is 13.1 Å². The largest absolute Gasteiger partial charge is 0.481 e. The number of halogens is 2. The van der Waals surface area contributed by atoms with Gasteiger partial charge in [-0.25, -0.2) is 12.8 Å². The number of sulfonamides is 1. The highest BCUT2D eigenvalue weighted by Gasteiger charge is 2.41. The molecular weight excluding hydrogens is 329 g/mol. The van der Waals surface area contributed by atoms with Gasteiger partial charge in [0.05, 0.1) is 10.8 Å². The minimum Gasteiger partial charge on any atom is -0.481 e. The Kier molecular flexibility index (Phi) is 3.43. The zero-order valence-corrected chi connectivity index (χ0v) is 11.4. The molecule has 0 spiro atoms. The number of carboxylic acid groups (broad SMARTS) is 1. The zero-order valence-electron chi connectivity index (χ0n) is 9.01. The maximum atomic E-state index is 12.9. The van der Waals surface area contributed by atoms with E-state index in [1.54, 1.807) is 0 Å².